The number of hydrogen-bond donors (Lipinski definition) is 2. The molecule has 4 saturated carbocycles. The molecule has 0 bridgehead atoms. The molecule has 0 spiro atoms. The van der Waals surface area contributed by atoms with E-state index in [-0.39, 0.29) is 28.5 Å². The van der Waals surface area contributed by atoms with Gasteiger partial charge in [-0.25, -0.2) is 4.79 Å². The van der Waals surface area contributed by atoms with Crippen LogP contribution in [0.3, 0.4) is 0 Å². The van der Waals surface area contributed by atoms with Gasteiger partial charge < -0.3 is 24.3 Å². The van der Waals surface area contributed by atoms with E-state index in [0.29, 0.717) is 17.8 Å². The van der Waals surface area contributed by atoms with Crippen molar-refractivity contribution < 1.29 is 19.4 Å². The molecule has 0 amide bonds. The Morgan fingerprint density at radius 2 is 1.80 bits per heavy atom. The lowest BCUT2D eigenvalue weighted by Crippen LogP contribution is -2.62. The molecule has 7 heteroatoms. The van der Waals surface area contributed by atoms with Gasteiger partial charge in [0.25, 0.3) is 0 Å². The highest BCUT2D eigenvalue weighted by molar-refractivity contribution is 5.27. The van der Waals surface area contributed by atoms with Crippen LogP contribution in [0.2, 0.25) is 0 Å². The Bertz CT molecular complexity index is 1040. The normalized spacial score (nSPS) is 40.1. The van der Waals surface area contributed by atoms with Gasteiger partial charge in [-0.1, -0.05) is 27.7 Å². The molecule has 1 heterocycles. The van der Waals surface area contributed by atoms with E-state index in [1.165, 1.54) is 6.07 Å². The van der Waals surface area contributed by atoms with E-state index in [9.17, 15) is 15.0 Å². The van der Waals surface area contributed by atoms with Crippen LogP contribution in [-0.2, 0) is 4.74 Å². The minimum Gasteiger partial charge on any atom is -0.431 e. The van der Waals surface area contributed by atoms with Crippen molar-refractivity contribution in [3.05, 3.63) is 34.4 Å². The summed E-state index contributed by atoms with van der Waals surface area (Å²) < 4.78 is 11.5. The molecule has 7 nitrogen and oxygen atoms in total. The number of aliphatic hydroxyl groups excluding tert-OH is 1. The summed E-state index contributed by atoms with van der Waals surface area (Å²) in [4.78, 5) is 15.9. The summed E-state index contributed by atoms with van der Waals surface area (Å²) in [5.41, 5.74) is 0.0781. The summed E-state index contributed by atoms with van der Waals surface area (Å²) in [6.45, 7) is 13.2. The van der Waals surface area contributed by atoms with Crippen LogP contribution in [0.5, 0.6) is 0 Å². The molecule has 9 atom stereocenters. The molecule has 0 aliphatic heterocycles. The molecule has 1 aromatic heterocycles. The van der Waals surface area contributed by atoms with Gasteiger partial charge in [0.1, 0.15) is 0 Å². The molecular weight excluding hydrogens is 504 g/mol. The number of fused-ring (bicyclic) bond motifs is 5. The van der Waals surface area contributed by atoms with Gasteiger partial charge in [-0.3, -0.25) is 4.90 Å². The predicted octanol–water partition coefficient (Wildman–Crippen LogP) is 5.21. The Morgan fingerprint density at radius 1 is 1.02 bits per heavy atom. The zero-order valence-corrected chi connectivity index (χ0v) is 25.6. The quantitative estimate of drug-likeness (QED) is 0.382. The summed E-state index contributed by atoms with van der Waals surface area (Å²) in [7, 11) is 1.96. The van der Waals surface area contributed by atoms with Gasteiger partial charge in [0.2, 0.25) is 6.41 Å². The number of ether oxygens (including phenoxy) is 1. The number of hydrogen-bond acceptors (Lipinski definition) is 7. The summed E-state index contributed by atoms with van der Waals surface area (Å²) in [5, 5.41) is 23.3. The van der Waals surface area contributed by atoms with Gasteiger partial charge in [-0.2, -0.15) is 0 Å². The first-order valence-electron chi connectivity index (χ1n) is 16.1. The molecule has 2 N–H and O–H groups in total. The van der Waals surface area contributed by atoms with E-state index in [1.54, 1.807) is 6.26 Å². The molecule has 40 heavy (non-hydrogen) atoms. The Morgan fingerprint density at radius 3 is 2.50 bits per heavy atom. The molecule has 4 aliphatic carbocycles. The van der Waals surface area contributed by atoms with Crippen LogP contribution in [0.25, 0.3) is 0 Å². The number of nitrogens with zero attached hydrogens (tertiary/aromatic N) is 2. The van der Waals surface area contributed by atoms with Crippen molar-refractivity contribution in [2.75, 3.05) is 33.2 Å². The van der Waals surface area contributed by atoms with E-state index in [2.05, 4.69) is 32.6 Å². The molecule has 4 aliphatic rings. The third-order valence-electron chi connectivity index (χ3n) is 12.5. The molecule has 4 fully saturated rings. The van der Waals surface area contributed by atoms with Crippen LogP contribution in [0.1, 0.15) is 103 Å². The lowest BCUT2D eigenvalue weighted by atomic mass is 9.43. The van der Waals surface area contributed by atoms with Gasteiger partial charge in [-0.05, 0) is 132 Å². The zero-order chi connectivity index (χ0) is 28.7. The fourth-order valence-electron chi connectivity index (χ4n) is 9.88. The predicted molar refractivity (Wildman–Crippen MR) is 157 cm³/mol. The zero-order valence-electron chi connectivity index (χ0n) is 25.6. The van der Waals surface area contributed by atoms with Crippen LogP contribution < -0.4 is 5.63 Å². The highest BCUT2D eigenvalue weighted by atomic mass is 16.6. The van der Waals surface area contributed by atoms with Crippen molar-refractivity contribution >= 4 is 0 Å². The van der Waals surface area contributed by atoms with Gasteiger partial charge in [0.05, 0.1) is 18.0 Å². The van der Waals surface area contributed by atoms with Crippen molar-refractivity contribution in [3.63, 3.8) is 0 Å². The second-order valence-corrected chi connectivity index (χ2v) is 14.1. The smallest absolute Gasteiger partial charge is 0.335 e. The third-order valence-corrected chi connectivity index (χ3v) is 12.5. The molecule has 226 valence electrons. The van der Waals surface area contributed by atoms with Crippen LogP contribution in [-0.4, -0.2) is 71.4 Å². The highest BCUT2D eigenvalue weighted by Crippen LogP contribution is 2.70. The highest BCUT2D eigenvalue weighted by Gasteiger charge is 2.67. The number of aliphatic hydroxyl groups is 2. The second-order valence-electron chi connectivity index (χ2n) is 14.1. The minimum absolute atomic E-state index is 0.0930. The van der Waals surface area contributed by atoms with Crippen LogP contribution >= 0.6 is 0 Å². The van der Waals surface area contributed by atoms with Crippen LogP contribution in [0, 0.1) is 28.6 Å². The molecule has 0 radical (unpaired) electrons. The fraction of sp³-hybridized carbons (Fsp3) is 0.848. The van der Waals surface area contributed by atoms with E-state index in [4.69, 9.17) is 9.15 Å². The van der Waals surface area contributed by atoms with Crippen molar-refractivity contribution in [1.29, 1.82) is 0 Å². The van der Waals surface area contributed by atoms with E-state index in [1.807, 2.05) is 18.0 Å². The maximum absolute atomic E-state index is 12.5. The SMILES string of the molecule is CCN(CC)CCCN(C)C(O)OC1CC[C@@]2(C)[C@H](CC[C@@H]3[C@@H]2CC[C@]2(C)[C@@H](c4ccc(=O)oc4)CC[C@]32O)C1. The Kier molecular flexibility index (Phi) is 8.91. The molecular formula is C33H54N2O5. The summed E-state index contributed by atoms with van der Waals surface area (Å²) in [5.74, 6) is 1.63. The van der Waals surface area contributed by atoms with Gasteiger partial charge in [-0.15, -0.1) is 0 Å². The Labute approximate surface area is 241 Å². The van der Waals surface area contributed by atoms with Gasteiger partial charge in [0.15, 0.2) is 0 Å². The lowest BCUT2D eigenvalue weighted by molar-refractivity contribution is -0.240. The monoisotopic (exact) mass is 558 g/mol. The fourth-order valence-corrected chi connectivity index (χ4v) is 9.88. The summed E-state index contributed by atoms with van der Waals surface area (Å²) >= 11 is 0. The molecule has 1 aromatic rings. The third kappa shape index (κ3) is 5.23. The average molecular weight is 559 g/mol. The average Bonchev–Trinajstić information content (AvgIpc) is 3.22. The largest absolute Gasteiger partial charge is 0.431 e. The Balaban J connectivity index is 1.21. The maximum Gasteiger partial charge on any atom is 0.335 e. The van der Waals surface area contributed by atoms with Crippen molar-refractivity contribution in [1.82, 2.24) is 9.80 Å². The standard InChI is InChI=1S/C33H54N2O5/c1-6-35(7-2)20-8-19-34(5)30(37)40-25-13-16-31(3)24(21-25)10-11-28-27(31)14-17-32(4)26(15-18-33(28,32)38)23-9-12-29(36)39-22-23/h9,12,22,24-28,30,37-38H,6-8,10-11,13-21H2,1-5H3/t24-,25?,26-,27+,28-,30?,31+,32-,33+/m1/s1. The van der Waals surface area contributed by atoms with Crippen LogP contribution in [0.15, 0.2) is 27.6 Å². The van der Waals surface area contributed by atoms with Crippen molar-refractivity contribution in [3.8, 4) is 0 Å². The van der Waals surface area contributed by atoms with Crippen molar-refractivity contribution in [2.24, 2.45) is 28.6 Å². The minimum atomic E-state index is -0.851. The summed E-state index contributed by atoms with van der Waals surface area (Å²) in [6, 6.07) is 3.44. The van der Waals surface area contributed by atoms with E-state index < -0.39 is 12.0 Å². The van der Waals surface area contributed by atoms with Gasteiger partial charge >= 0.3 is 5.63 Å². The van der Waals surface area contributed by atoms with Crippen molar-refractivity contribution in [2.45, 2.75) is 116 Å². The Hall–Kier alpha value is -1.25. The molecule has 2 unspecified atom stereocenters. The second kappa shape index (κ2) is 11.8. The van der Waals surface area contributed by atoms with E-state index in [0.717, 1.165) is 96.0 Å². The number of rotatable bonds is 10. The maximum atomic E-state index is 12.5. The molecule has 5 rings (SSSR count). The van der Waals surface area contributed by atoms with E-state index >= 15 is 0 Å². The topological polar surface area (TPSA) is 86.4 Å². The first-order valence-corrected chi connectivity index (χ1v) is 16.1. The lowest BCUT2D eigenvalue weighted by Gasteiger charge is -2.63. The van der Waals surface area contributed by atoms with Gasteiger partial charge in [0, 0.05) is 18.0 Å². The van der Waals surface area contributed by atoms with Crippen LogP contribution in [0.4, 0.5) is 0 Å². The summed E-state index contributed by atoms with van der Waals surface area (Å²) in [6.07, 6.45) is 11.1. The first-order chi connectivity index (χ1) is 19.1. The first kappa shape index (κ1) is 30.2. The molecule has 0 saturated heterocycles. The molecule has 0 aromatic carbocycles.